The topological polar surface area (TPSA) is 65.0 Å². The summed E-state index contributed by atoms with van der Waals surface area (Å²) in [5.41, 5.74) is 1.80. The molecule has 1 aliphatic rings. The van der Waals surface area contributed by atoms with E-state index in [0.29, 0.717) is 24.8 Å². The van der Waals surface area contributed by atoms with E-state index in [2.05, 4.69) is 34.2 Å². The Hall–Kier alpha value is -2.92. The Kier molecular flexibility index (Phi) is 9.51. The molecule has 0 aliphatic carbocycles. The maximum Gasteiger partial charge on any atom is 0.162 e. The Morgan fingerprint density at radius 3 is 2.50 bits per heavy atom. The Morgan fingerprint density at radius 1 is 1.09 bits per heavy atom. The maximum absolute atomic E-state index is 12.5. The smallest absolute Gasteiger partial charge is 0.162 e. The number of ketones is 1. The first-order valence-electron chi connectivity index (χ1n) is 11.5. The van der Waals surface area contributed by atoms with Crippen LogP contribution in [0.15, 0.2) is 65.7 Å². The molecule has 1 fully saturated rings. The van der Waals surface area contributed by atoms with Crippen molar-refractivity contribution < 1.29 is 14.6 Å². The first-order valence-corrected chi connectivity index (χ1v) is 11.5. The number of nitrogens with zero attached hydrogens (tertiary/aromatic N) is 2. The van der Waals surface area contributed by atoms with Gasteiger partial charge in [-0.2, -0.15) is 0 Å². The van der Waals surface area contributed by atoms with Crippen LogP contribution in [0.4, 0.5) is 0 Å². The minimum absolute atomic E-state index is 0.0415. The van der Waals surface area contributed by atoms with Crippen LogP contribution in [-0.4, -0.2) is 49.4 Å². The monoisotopic (exact) mass is 433 g/mol. The van der Waals surface area contributed by atoms with Crippen LogP contribution in [0.2, 0.25) is 0 Å². The molecular weight excluding hydrogens is 400 g/mol. The fourth-order valence-electron chi connectivity index (χ4n) is 3.95. The molecule has 5 nitrogen and oxygen atoms in total. The Bertz CT molecular complexity index is 885. The minimum Gasteiger partial charge on any atom is -0.862 e. The van der Waals surface area contributed by atoms with Gasteiger partial charge in [-0.05, 0) is 80.9 Å². The fourth-order valence-corrected chi connectivity index (χ4v) is 3.95. The van der Waals surface area contributed by atoms with Crippen molar-refractivity contribution in [3.05, 3.63) is 71.8 Å². The zero-order valence-electron chi connectivity index (χ0n) is 18.9. The quantitative estimate of drug-likeness (QED) is 0.283. The lowest BCUT2D eigenvalue weighted by molar-refractivity contribution is -0.219. The van der Waals surface area contributed by atoms with Crippen LogP contribution in [0.3, 0.4) is 0 Å². The second-order valence-corrected chi connectivity index (χ2v) is 8.24. The molecule has 5 heteroatoms. The molecule has 170 valence electrons. The van der Waals surface area contributed by atoms with E-state index in [4.69, 9.17) is 4.74 Å². The van der Waals surface area contributed by atoms with Gasteiger partial charge in [-0.3, -0.25) is 4.79 Å². The predicted octanol–water partition coefficient (Wildman–Crippen LogP) is 4.37. The third kappa shape index (κ3) is 7.97. The number of hydrogen-bond donors (Lipinski definition) is 0. The van der Waals surface area contributed by atoms with Crippen molar-refractivity contribution in [1.29, 1.82) is 0 Å². The molecule has 2 aromatic rings. The molecule has 1 unspecified atom stereocenters. The van der Waals surface area contributed by atoms with Crippen LogP contribution in [0.5, 0.6) is 5.75 Å². The summed E-state index contributed by atoms with van der Waals surface area (Å²) in [6.07, 6.45) is 8.54. The Labute approximate surface area is 191 Å². The summed E-state index contributed by atoms with van der Waals surface area (Å²) < 4.78 is 5.12. The number of Topliss-reactive ketones (excluding diaryl/α,β-unsaturated/α-hetero) is 1. The van der Waals surface area contributed by atoms with E-state index in [1.54, 1.807) is 31.4 Å². The summed E-state index contributed by atoms with van der Waals surface area (Å²) in [6.45, 7) is 2.98. The number of rotatable bonds is 12. The number of carbonyl (C=O) groups excluding carboxylic acids is 1. The van der Waals surface area contributed by atoms with E-state index in [0.717, 1.165) is 37.4 Å². The van der Waals surface area contributed by atoms with Crippen LogP contribution in [0.1, 0.15) is 54.4 Å². The first-order chi connectivity index (χ1) is 15.6. The van der Waals surface area contributed by atoms with Crippen LogP contribution in [0.25, 0.3) is 6.08 Å². The van der Waals surface area contributed by atoms with Crippen LogP contribution in [0, 0.1) is 0 Å². The van der Waals surface area contributed by atoms with Gasteiger partial charge >= 0.3 is 0 Å². The van der Waals surface area contributed by atoms with Gasteiger partial charge in [0.1, 0.15) is 5.75 Å². The second kappa shape index (κ2) is 12.8. The molecule has 1 heterocycles. The van der Waals surface area contributed by atoms with E-state index in [1.165, 1.54) is 12.8 Å². The summed E-state index contributed by atoms with van der Waals surface area (Å²) in [5, 5.41) is 12.5. The summed E-state index contributed by atoms with van der Waals surface area (Å²) in [7, 11) is 1.60. The first kappa shape index (κ1) is 23.7. The van der Waals surface area contributed by atoms with Crippen molar-refractivity contribution in [2.24, 2.45) is 4.99 Å². The molecule has 1 atom stereocenters. The largest absolute Gasteiger partial charge is 0.862 e. The van der Waals surface area contributed by atoms with Crippen molar-refractivity contribution in [2.45, 2.75) is 44.6 Å². The molecule has 0 aromatic heterocycles. The van der Waals surface area contributed by atoms with Gasteiger partial charge in [0.15, 0.2) is 5.78 Å². The van der Waals surface area contributed by atoms with Crippen LogP contribution < -0.4 is 9.84 Å². The minimum atomic E-state index is -0.107. The van der Waals surface area contributed by atoms with Gasteiger partial charge < -0.3 is 19.7 Å². The highest BCUT2D eigenvalue weighted by molar-refractivity contribution is 5.96. The standard InChI is InChI=1S/C27H34N2O3/c1-32-25-17-15-23(16-18-25)26(30)13-8-14-27(31)28-24(21-29-19-5-6-20-29)12-7-11-22-9-3-2-4-10-22/h2-4,7,9-11,15-18,24H,5-6,8,12-14,19-21H2,1H3,(H,28,31)/p-1/b11-7+. The lowest BCUT2D eigenvalue weighted by Gasteiger charge is -2.22. The SMILES string of the molecule is COc1ccc(C(=O)CCCC([O-])=NC(C/C=C/c2ccccc2)CN2CCCC2)cc1. The number of ether oxygens (including phenoxy) is 1. The predicted molar refractivity (Wildman–Crippen MR) is 128 cm³/mol. The third-order valence-corrected chi connectivity index (χ3v) is 5.72. The molecule has 32 heavy (non-hydrogen) atoms. The lowest BCUT2D eigenvalue weighted by atomic mass is 10.1. The highest BCUT2D eigenvalue weighted by Crippen LogP contribution is 2.15. The number of hydrogen-bond acceptors (Lipinski definition) is 5. The normalized spacial score (nSPS) is 15.8. The summed E-state index contributed by atoms with van der Waals surface area (Å²) in [6, 6.07) is 17.2. The Morgan fingerprint density at radius 2 is 1.81 bits per heavy atom. The number of carbonyl (C=O) groups is 1. The number of methoxy groups -OCH3 is 1. The Balaban J connectivity index is 1.51. The molecular formula is C27H33N2O3-. The average Bonchev–Trinajstić information content (AvgIpc) is 3.33. The van der Waals surface area contributed by atoms with Crippen molar-refractivity contribution in [2.75, 3.05) is 26.7 Å². The van der Waals surface area contributed by atoms with E-state index < -0.39 is 0 Å². The number of benzene rings is 2. The number of likely N-dealkylation sites (tertiary alicyclic amines) is 1. The second-order valence-electron chi connectivity index (χ2n) is 8.24. The molecule has 1 aliphatic heterocycles. The van der Waals surface area contributed by atoms with E-state index >= 15 is 0 Å². The zero-order chi connectivity index (χ0) is 22.6. The molecule has 1 saturated heterocycles. The molecule has 0 amide bonds. The maximum atomic E-state index is 12.5. The van der Waals surface area contributed by atoms with Gasteiger partial charge in [0.05, 0.1) is 13.2 Å². The summed E-state index contributed by atoms with van der Waals surface area (Å²) in [4.78, 5) is 19.3. The van der Waals surface area contributed by atoms with Crippen molar-refractivity contribution in [3.63, 3.8) is 0 Å². The molecule has 0 spiro atoms. The lowest BCUT2D eigenvalue weighted by Crippen LogP contribution is -2.31. The van der Waals surface area contributed by atoms with Gasteiger partial charge in [0, 0.05) is 18.5 Å². The van der Waals surface area contributed by atoms with Crippen molar-refractivity contribution in [1.82, 2.24) is 4.90 Å². The molecule has 2 aromatic carbocycles. The molecule has 0 saturated carbocycles. The molecule has 0 bridgehead atoms. The highest BCUT2D eigenvalue weighted by Gasteiger charge is 2.16. The molecule has 0 radical (unpaired) electrons. The van der Waals surface area contributed by atoms with Gasteiger partial charge in [-0.1, -0.05) is 42.5 Å². The van der Waals surface area contributed by atoms with Gasteiger partial charge in [-0.15, -0.1) is 0 Å². The fraction of sp³-hybridized carbons (Fsp3) is 0.407. The highest BCUT2D eigenvalue weighted by atomic mass is 16.5. The summed E-state index contributed by atoms with van der Waals surface area (Å²) >= 11 is 0. The van der Waals surface area contributed by atoms with Crippen LogP contribution >= 0.6 is 0 Å². The number of aliphatic imine (C=N–C) groups is 1. The zero-order valence-corrected chi connectivity index (χ0v) is 18.9. The van der Waals surface area contributed by atoms with Gasteiger partial charge in [0.25, 0.3) is 0 Å². The molecule has 3 rings (SSSR count). The van der Waals surface area contributed by atoms with Gasteiger partial charge in [0.2, 0.25) is 0 Å². The average molecular weight is 434 g/mol. The van der Waals surface area contributed by atoms with Crippen molar-refractivity contribution in [3.8, 4) is 5.75 Å². The van der Waals surface area contributed by atoms with Crippen LogP contribution in [-0.2, 0) is 0 Å². The van der Waals surface area contributed by atoms with Gasteiger partial charge in [-0.25, -0.2) is 0 Å². The third-order valence-electron chi connectivity index (χ3n) is 5.72. The van der Waals surface area contributed by atoms with E-state index in [-0.39, 0.29) is 17.7 Å². The van der Waals surface area contributed by atoms with E-state index in [9.17, 15) is 9.90 Å². The van der Waals surface area contributed by atoms with E-state index in [1.807, 2.05) is 18.2 Å². The van der Waals surface area contributed by atoms with Crippen molar-refractivity contribution >= 4 is 17.8 Å². The summed E-state index contributed by atoms with van der Waals surface area (Å²) in [5.74, 6) is 0.658. The molecule has 0 N–H and O–H groups in total.